The van der Waals surface area contributed by atoms with E-state index in [1.165, 1.54) is 13.2 Å². The fourth-order valence-corrected chi connectivity index (χ4v) is 2.45. The van der Waals surface area contributed by atoms with Crippen LogP contribution >= 0.6 is 0 Å². The van der Waals surface area contributed by atoms with E-state index in [1.54, 1.807) is 42.5 Å². The van der Waals surface area contributed by atoms with Gasteiger partial charge in [-0.1, -0.05) is 30.3 Å². The first-order valence-electron chi connectivity index (χ1n) is 8.08. The van der Waals surface area contributed by atoms with Gasteiger partial charge in [-0.2, -0.15) is 0 Å². The van der Waals surface area contributed by atoms with Gasteiger partial charge < -0.3 is 18.9 Å². The summed E-state index contributed by atoms with van der Waals surface area (Å²) in [7, 11) is 1.53. The maximum absolute atomic E-state index is 11.9. The topological polar surface area (TPSA) is 71.1 Å². The van der Waals surface area contributed by atoms with Crippen LogP contribution in [0.25, 0.3) is 6.08 Å². The molecule has 0 unspecified atom stereocenters. The van der Waals surface area contributed by atoms with E-state index in [1.807, 2.05) is 6.07 Å². The average molecular weight is 354 g/mol. The first kappa shape index (κ1) is 17.5. The van der Waals surface area contributed by atoms with Crippen molar-refractivity contribution in [1.82, 2.24) is 0 Å². The highest BCUT2D eigenvalue weighted by atomic mass is 16.6. The van der Waals surface area contributed by atoms with Crippen LogP contribution in [0.3, 0.4) is 0 Å². The minimum atomic E-state index is -0.608. The summed E-state index contributed by atoms with van der Waals surface area (Å²) in [5.41, 5.74) is 1.19. The molecular formula is C20H18O6. The van der Waals surface area contributed by atoms with Gasteiger partial charge in [0.25, 0.3) is 0 Å². The highest BCUT2D eigenvalue weighted by Gasteiger charge is 2.17. The summed E-state index contributed by atoms with van der Waals surface area (Å²) in [4.78, 5) is 23.8. The van der Waals surface area contributed by atoms with Crippen LogP contribution in [0, 0.1) is 0 Å². The Bertz CT molecular complexity index is 808. The summed E-state index contributed by atoms with van der Waals surface area (Å²) in [5.74, 6) is 0.765. The number of carbonyl (C=O) groups is 2. The molecule has 0 amide bonds. The third-order valence-electron chi connectivity index (χ3n) is 3.70. The minimum absolute atomic E-state index is 0.256. The van der Waals surface area contributed by atoms with Gasteiger partial charge in [-0.25, -0.2) is 4.79 Å². The van der Waals surface area contributed by atoms with Crippen LogP contribution < -0.4 is 14.2 Å². The van der Waals surface area contributed by atoms with E-state index in [2.05, 4.69) is 0 Å². The van der Waals surface area contributed by atoms with E-state index >= 15 is 0 Å². The van der Waals surface area contributed by atoms with Crippen LogP contribution in [-0.4, -0.2) is 38.7 Å². The molecule has 0 radical (unpaired) electrons. The first-order chi connectivity index (χ1) is 12.7. The third-order valence-corrected chi connectivity index (χ3v) is 3.70. The zero-order valence-electron chi connectivity index (χ0n) is 14.3. The molecule has 0 fully saturated rings. The van der Waals surface area contributed by atoms with Gasteiger partial charge in [0.05, 0.1) is 7.11 Å². The van der Waals surface area contributed by atoms with Crippen molar-refractivity contribution in [3.8, 4) is 17.2 Å². The van der Waals surface area contributed by atoms with E-state index in [-0.39, 0.29) is 12.4 Å². The Morgan fingerprint density at radius 1 is 1.12 bits per heavy atom. The number of hydrogen-bond donors (Lipinski definition) is 0. The summed E-state index contributed by atoms with van der Waals surface area (Å²) in [6, 6.07) is 12.1. The first-order valence-corrected chi connectivity index (χ1v) is 8.08. The molecular weight excluding hydrogens is 336 g/mol. The van der Waals surface area contributed by atoms with Crippen molar-refractivity contribution in [2.45, 2.75) is 0 Å². The van der Waals surface area contributed by atoms with Crippen LogP contribution in [0.15, 0.2) is 48.5 Å². The number of hydrogen-bond acceptors (Lipinski definition) is 6. The molecule has 0 aromatic heterocycles. The second-order valence-electron chi connectivity index (χ2n) is 5.48. The van der Waals surface area contributed by atoms with Gasteiger partial charge in [0.1, 0.15) is 13.2 Å². The SMILES string of the molecule is COc1cc(/C=C/C(=O)OCC(=O)c2ccccc2)cc2c1OCCO2. The molecule has 6 heteroatoms. The molecule has 0 saturated heterocycles. The Hall–Kier alpha value is -3.28. The molecule has 26 heavy (non-hydrogen) atoms. The quantitative estimate of drug-likeness (QED) is 0.451. The summed E-state index contributed by atoms with van der Waals surface area (Å²) < 4.78 is 21.3. The van der Waals surface area contributed by atoms with Crippen molar-refractivity contribution in [1.29, 1.82) is 0 Å². The van der Waals surface area contributed by atoms with Gasteiger partial charge in [0.15, 0.2) is 23.9 Å². The number of rotatable bonds is 6. The number of Topliss-reactive ketones (excluding diaryl/α,β-unsaturated/α-hetero) is 1. The predicted molar refractivity (Wildman–Crippen MR) is 94.7 cm³/mol. The fourth-order valence-electron chi connectivity index (χ4n) is 2.45. The molecule has 0 atom stereocenters. The molecule has 0 bridgehead atoms. The molecule has 6 nitrogen and oxygen atoms in total. The number of fused-ring (bicyclic) bond motifs is 1. The average Bonchev–Trinajstić information content (AvgIpc) is 2.70. The molecule has 0 spiro atoms. The Balaban J connectivity index is 1.62. The molecule has 2 aromatic carbocycles. The zero-order chi connectivity index (χ0) is 18.4. The number of methoxy groups -OCH3 is 1. The van der Waals surface area contributed by atoms with Crippen molar-refractivity contribution in [3.05, 3.63) is 59.7 Å². The van der Waals surface area contributed by atoms with Gasteiger partial charge in [-0.3, -0.25) is 4.79 Å². The number of benzene rings is 2. The molecule has 134 valence electrons. The molecule has 0 N–H and O–H groups in total. The molecule has 0 saturated carbocycles. The molecule has 0 aliphatic carbocycles. The molecule has 1 aliphatic heterocycles. The van der Waals surface area contributed by atoms with E-state index < -0.39 is 5.97 Å². The number of esters is 1. The highest BCUT2D eigenvalue weighted by Crippen LogP contribution is 2.40. The van der Waals surface area contributed by atoms with Gasteiger partial charge >= 0.3 is 5.97 Å². The van der Waals surface area contributed by atoms with Crippen LogP contribution in [0.2, 0.25) is 0 Å². The fraction of sp³-hybridized carbons (Fsp3) is 0.200. The van der Waals surface area contributed by atoms with Crippen molar-refractivity contribution in [3.63, 3.8) is 0 Å². The normalized spacial score (nSPS) is 12.7. The predicted octanol–water partition coefficient (Wildman–Crippen LogP) is 2.91. The van der Waals surface area contributed by atoms with E-state index in [9.17, 15) is 9.59 Å². The lowest BCUT2D eigenvalue weighted by Crippen LogP contribution is -2.16. The van der Waals surface area contributed by atoms with Crippen molar-refractivity contribution in [2.24, 2.45) is 0 Å². The van der Waals surface area contributed by atoms with Crippen molar-refractivity contribution in [2.75, 3.05) is 26.9 Å². The molecule has 1 heterocycles. The summed E-state index contributed by atoms with van der Waals surface area (Å²) in [5, 5.41) is 0. The second-order valence-corrected chi connectivity index (χ2v) is 5.48. The summed E-state index contributed by atoms with van der Waals surface area (Å²) >= 11 is 0. The van der Waals surface area contributed by atoms with Crippen molar-refractivity contribution < 1.29 is 28.5 Å². The van der Waals surface area contributed by atoms with Crippen LogP contribution in [-0.2, 0) is 9.53 Å². The minimum Gasteiger partial charge on any atom is -0.493 e. The Labute approximate surface area is 150 Å². The summed E-state index contributed by atoms with van der Waals surface area (Å²) in [6.45, 7) is 0.602. The smallest absolute Gasteiger partial charge is 0.331 e. The zero-order valence-corrected chi connectivity index (χ0v) is 14.3. The highest BCUT2D eigenvalue weighted by molar-refractivity contribution is 5.98. The Kier molecular flexibility index (Phi) is 5.53. The molecule has 2 aromatic rings. The lowest BCUT2D eigenvalue weighted by Gasteiger charge is -2.20. The monoisotopic (exact) mass is 354 g/mol. The standard InChI is InChI=1S/C20H18O6/c1-23-17-11-14(12-18-20(17)25-10-9-24-18)7-8-19(22)26-13-16(21)15-5-3-2-4-6-15/h2-8,11-12H,9-10,13H2,1H3/b8-7+. The lowest BCUT2D eigenvalue weighted by atomic mass is 10.1. The largest absolute Gasteiger partial charge is 0.493 e. The van der Waals surface area contributed by atoms with E-state index in [0.29, 0.717) is 41.6 Å². The van der Waals surface area contributed by atoms with Crippen LogP contribution in [0.4, 0.5) is 0 Å². The third kappa shape index (κ3) is 4.22. The van der Waals surface area contributed by atoms with Crippen LogP contribution in [0.5, 0.6) is 17.2 Å². The lowest BCUT2D eigenvalue weighted by molar-refractivity contribution is -0.136. The second kappa shape index (κ2) is 8.20. The van der Waals surface area contributed by atoms with Gasteiger partial charge in [0.2, 0.25) is 5.75 Å². The Morgan fingerprint density at radius 3 is 2.65 bits per heavy atom. The van der Waals surface area contributed by atoms with Gasteiger partial charge in [-0.05, 0) is 23.8 Å². The molecule has 3 rings (SSSR count). The Morgan fingerprint density at radius 2 is 1.88 bits per heavy atom. The van der Waals surface area contributed by atoms with E-state index in [0.717, 1.165) is 0 Å². The number of ketones is 1. The molecule has 1 aliphatic rings. The summed E-state index contributed by atoms with van der Waals surface area (Å²) in [6.07, 6.45) is 2.82. The van der Waals surface area contributed by atoms with Crippen molar-refractivity contribution >= 4 is 17.8 Å². The van der Waals surface area contributed by atoms with Crippen LogP contribution in [0.1, 0.15) is 15.9 Å². The van der Waals surface area contributed by atoms with Gasteiger partial charge in [0, 0.05) is 11.6 Å². The maximum Gasteiger partial charge on any atom is 0.331 e. The maximum atomic E-state index is 11.9. The number of carbonyl (C=O) groups excluding carboxylic acids is 2. The number of ether oxygens (including phenoxy) is 4. The van der Waals surface area contributed by atoms with Gasteiger partial charge in [-0.15, -0.1) is 0 Å². The van der Waals surface area contributed by atoms with E-state index in [4.69, 9.17) is 18.9 Å².